The lowest BCUT2D eigenvalue weighted by Crippen LogP contribution is -2.51. The van der Waals surface area contributed by atoms with Crippen molar-refractivity contribution in [3.63, 3.8) is 0 Å². The van der Waals surface area contributed by atoms with Crippen LogP contribution in [0.1, 0.15) is 35.2 Å². The Kier molecular flexibility index (Phi) is 2.54. The van der Waals surface area contributed by atoms with E-state index in [0.717, 1.165) is 36.8 Å². The van der Waals surface area contributed by atoms with E-state index >= 15 is 0 Å². The Balaban J connectivity index is 1.77. The maximum Gasteiger partial charge on any atom is 0.172 e. The molecule has 0 unspecified atom stereocenters. The largest absolute Gasteiger partial charge is 0.347 e. The molecular formula is C16H18O3. The molecule has 1 saturated heterocycles. The number of ether oxygens (including phenoxy) is 2. The summed E-state index contributed by atoms with van der Waals surface area (Å²) >= 11 is 0. The van der Waals surface area contributed by atoms with E-state index in [4.69, 9.17) is 9.47 Å². The summed E-state index contributed by atoms with van der Waals surface area (Å²) in [6, 6.07) is 8.00. The molecule has 0 aromatic heterocycles. The minimum atomic E-state index is -0.480. The molecule has 4 rings (SSSR count). The Hall–Kier alpha value is -1.19. The standard InChI is InChI=1S/C16H18O3/c17-15-12-5-2-1-4-11(12)10-14-13(15)6-3-7-16(14)18-8-9-19-16/h1-2,4-5,13-14H,3,6-10H2/t13-,14-/m0/s1. The first-order valence-electron chi connectivity index (χ1n) is 7.20. The van der Waals surface area contributed by atoms with Gasteiger partial charge in [-0.3, -0.25) is 4.79 Å². The third kappa shape index (κ3) is 1.61. The molecule has 3 aliphatic rings. The van der Waals surface area contributed by atoms with Gasteiger partial charge in [-0.05, 0) is 24.8 Å². The van der Waals surface area contributed by atoms with Crippen LogP contribution < -0.4 is 0 Å². The van der Waals surface area contributed by atoms with Crippen LogP contribution in [-0.4, -0.2) is 24.8 Å². The maximum atomic E-state index is 12.7. The molecule has 19 heavy (non-hydrogen) atoms. The van der Waals surface area contributed by atoms with Gasteiger partial charge in [-0.2, -0.15) is 0 Å². The van der Waals surface area contributed by atoms with Crippen LogP contribution in [0.15, 0.2) is 24.3 Å². The van der Waals surface area contributed by atoms with E-state index in [2.05, 4.69) is 6.07 Å². The molecule has 1 aromatic rings. The Bertz CT molecular complexity index is 516. The van der Waals surface area contributed by atoms with Crippen LogP contribution in [0.3, 0.4) is 0 Å². The maximum absolute atomic E-state index is 12.7. The van der Waals surface area contributed by atoms with Gasteiger partial charge in [-0.25, -0.2) is 0 Å². The lowest BCUT2D eigenvalue weighted by Gasteiger charge is -2.46. The molecule has 3 heteroatoms. The van der Waals surface area contributed by atoms with Crippen LogP contribution in [0.5, 0.6) is 0 Å². The average Bonchev–Trinajstić information content (AvgIpc) is 2.90. The highest BCUT2D eigenvalue weighted by molar-refractivity contribution is 6.00. The van der Waals surface area contributed by atoms with Gasteiger partial charge in [0.15, 0.2) is 11.6 Å². The number of carbonyl (C=O) groups excluding carboxylic acids is 1. The van der Waals surface area contributed by atoms with E-state index < -0.39 is 5.79 Å². The van der Waals surface area contributed by atoms with Gasteiger partial charge in [0.25, 0.3) is 0 Å². The lowest BCUT2D eigenvalue weighted by molar-refractivity contribution is -0.221. The fraction of sp³-hybridized carbons (Fsp3) is 0.562. The third-order valence-corrected chi connectivity index (χ3v) is 4.93. The first-order chi connectivity index (χ1) is 9.30. The van der Waals surface area contributed by atoms with Crippen LogP contribution in [0.25, 0.3) is 0 Å². The van der Waals surface area contributed by atoms with E-state index in [1.807, 2.05) is 18.2 Å². The Morgan fingerprint density at radius 1 is 1.16 bits per heavy atom. The highest BCUT2D eigenvalue weighted by Crippen LogP contribution is 2.48. The second kappa shape index (κ2) is 4.15. The quantitative estimate of drug-likeness (QED) is 0.717. The normalized spacial score (nSPS) is 32.1. The molecule has 1 aliphatic heterocycles. The van der Waals surface area contributed by atoms with Crippen molar-refractivity contribution in [1.82, 2.24) is 0 Å². The zero-order valence-electron chi connectivity index (χ0n) is 10.9. The summed E-state index contributed by atoms with van der Waals surface area (Å²) in [6.45, 7) is 1.33. The van der Waals surface area contributed by atoms with Crippen molar-refractivity contribution in [3.8, 4) is 0 Å². The molecule has 100 valence electrons. The SMILES string of the molecule is O=C1c2ccccc2C[C@H]2[C@@H]1CCCC21OCCO1. The zero-order chi connectivity index (χ0) is 12.9. The molecule has 2 fully saturated rings. The predicted octanol–water partition coefficient (Wildman–Crippen LogP) is 2.58. The number of ketones is 1. The number of fused-ring (bicyclic) bond motifs is 3. The van der Waals surface area contributed by atoms with Crippen molar-refractivity contribution in [1.29, 1.82) is 0 Å². The Morgan fingerprint density at radius 3 is 2.79 bits per heavy atom. The second-order valence-electron chi connectivity index (χ2n) is 5.84. The molecule has 3 nitrogen and oxygen atoms in total. The van der Waals surface area contributed by atoms with Gasteiger partial charge in [0.05, 0.1) is 13.2 Å². The smallest absolute Gasteiger partial charge is 0.172 e. The van der Waals surface area contributed by atoms with Crippen molar-refractivity contribution in [2.24, 2.45) is 11.8 Å². The summed E-state index contributed by atoms with van der Waals surface area (Å²) in [4.78, 5) is 12.7. The first kappa shape index (κ1) is 11.6. The topological polar surface area (TPSA) is 35.5 Å². The number of carbonyl (C=O) groups is 1. The Morgan fingerprint density at radius 2 is 1.95 bits per heavy atom. The van der Waals surface area contributed by atoms with Gasteiger partial charge in [-0.1, -0.05) is 24.3 Å². The number of rotatable bonds is 0. The summed E-state index contributed by atoms with van der Waals surface area (Å²) in [5.41, 5.74) is 2.08. The fourth-order valence-corrected chi connectivity index (χ4v) is 4.08. The van der Waals surface area contributed by atoms with Crippen LogP contribution in [0.4, 0.5) is 0 Å². The lowest BCUT2D eigenvalue weighted by atomic mass is 9.65. The van der Waals surface area contributed by atoms with Crippen LogP contribution in [0, 0.1) is 11.8 Å². The van der Waals surface area contributed by atoms with Gasteiger partial charge in [-0.15, -0.1) is 0 Å². The monoisotopic (exact) mass is 258 g/mol. The van der Waals surface area contributed by atoms with Gasteiger partial charge >= 0.3 is 0 Å². The molecule has 1 aromatic carbocycles. The number of hydrogen-bond acceptors (Lipinski definition) is 3. The minimum absolute atomic E-state index is 0.0850. The van der Waals surface area contributed by atoms with E-state index in [9.17, 15) is 4.79 Å². The molecule has 1 heterocycles. The summed E-state index contributed by atoms with van der Waals surface area (Å²) in [5.74, 6) is 0.101. The molecule has 0 bridgehead atoms. The summed E-state index contributed by atoms with van der Waals surface area (Å²) < 4.78 is 11.9. The van der Waals surface area contributed by atoms with Crippen molar-refractivity contribution >= 4 is 5.78 Å². The van der Waals surface area contributed by atoms with Gasteiger partial charge < -0.3 is 9.47 Å². The van der Waals surface area contributed by atoms with E-state index in [1.54, 1.807) is 0 Å². The van der Waals surface area contributed by atoms with Gasteiger partial charge in [0.2, 0.25) is 0 Å². The highest BCUT2D eigenvalue weighted by atomic mass is 16.7. The molecule has 1 spiro atoms. The minimum Gasteiger partial charge on any atom is -0.347 e. The van der Waals surface area contributed by atoms with Gasteiger partial charge in [0.1, 0.15) is 0 Å². The van der Waals surface area contributed by atoms with Crippen LogP contribution in [-0.2, 0) is 15.9 Å². The fourth-order valence-electron chi connectivity index (χ4n) is 4.08. The molecule has 2 atom stereocenters. The molecule has 0 N–H and O–H groups in total. The zero-order valence-corrected chi connectivity index (χ0v) is 10.9. The predicted molar refractivity (Wildman–Crippen MR) is 69.9 cm³/mol. The van der Waals surface area contributed by atoms with Crippen LogP contribution >= 0.6 is 0 Å². The first-order valence-corrected chi connectivity index (χ1v) is 7.20. The molecule has 1 saturated carbocycles. The molecular weight excluding hydrogens is 240 g/mol. The number of Topliss-reactive ketones (excluding diaryl/α,β-unsaturated/α-hetero) is 1. The van der Waals surface area contributed by atoms with Crippen molar-refractivity contribution in [2.75, 3.05) is 13.2 Å². The van der Waals surface area contributed by atoms with E-state index in [-0.39, 0.29) is 11.8 Å². The molecule has 2 aliphatic carbocycles. The summed E-state index contributed by atoms with van der Waals surface area (Å²) in [6.07, 6.45) is 3.84. The second-order valence-corrected chi connectivity index (χ2v) is 5.84. The van der Waals surface area contributed by atoms with Crippen LogP contribution in [0.2, 0.25) is 0 Å². The third-order valence-electron chi connectivity index (χ3n) is 4.93. The van der Waals surface area contributed by atoms with Crippen molar-refractivity contribution in [3.05, 3.63) is 35.4 Å². The van der Waals surface area contributed by atoms with Crippen molar-refractivity contribution in [2.45, 2.75) is 31.5 Å². The van der Waals surface area contributed by atoms with Gasteiger partial charge in [0, 0.05) is 23.8 Å². The highest BCUT2D eigenvalue weighted by Gasteiger charge is 2.53. The summed E-state index contributed by atoms with van der Waals surface area (Å²) in [7, 11) is 0. The summed E-state index contributed by atoms with van der Waals surface area (Å²) in [5, 5.41) is 0. The van der Waals surface area contributed by atoms with E-state index in [0.29, 0.717) is 19.0 Å². The molecule has 0 amide bonds. The number of benzene rings is 1. The number of hydrogen-bond donors (Lipinski definition) is 0. The molecule has 0 radical (unpaired) electrons. The Labute approximate surface area is 112 Å². The van der Waals surface area contributed by atoms with E-state index in [1.165, 1.54) is 0 Å². The van der Waals surface area contributed by atoms with Crippen molar-refractivity contribution < 1.29 is 14.3 Å². The average molecular weight is 258 g/mol.